The van der Waals surface area contributed by atoms with Gasteiger partial charge in [0.05, 0.1) is 25.7 Å². The Bertz CT molecular complexity index is 368. The van der Waals surface area contributed by atoms with Gasteiger partial charge >= 0.3 is 0 Å². The second-order valence-corrected chi connectivity index (χ2v) is 6.06. The highest BCUT2D eigenvalue weighted by Gasteiger charge is 2.45. The fraction of sp³-hybridized carbons (Fsp3) is 0.800. The van der Waals surface area contributed by atoms with Crippen LogP contribution in [0.4, 0.5) is 0 Å². The minimum atomic E-state index is -0.0401. The Morgan fingerprint density at radius 3 is 2.95 bits per heavy atom. The third-order valence-electron chi connectivity index (χ3n) is 4.67. The molecular formula is C15H24N2O3. The molecule has 3 atom stereocenters. The van der Waals surface area contributed by atoms with Gasteiger partial charge < -0.3 is 4.74 Å². The number of rotatable bonds is 3. The summed E-state index contributed by atoms with van der Waals surface area (Å²) >= 11 is 0. The van der Waals surface area contributed by atoms with Crippen LogP contribution in [0.1, 0.15) is 12.8 Å². The summed E-state index contributed by atoms with van der Waals surface area (Å²) in [5.74, 6) is 0.964. The first kappa shape index (κ1) is 14.0. The molecule has 5 heteroatoms. The Morgan fingerprint density at radius 1 is 1.30 bits per heavy atom. The third kappa shape index (κ3) is 2.75. The Hall–Kier alpha value is -0.910. The second kappa shape index (κ2) is 6.24. The van der Waals surface area contributed by atoms with Crippen LogP contribution in [0, 0.1) is 17.8 Å². The van der Waals surface area contributed by atoms with Gasteiger partial charge in [0.1, 0.15) is 0 Å². The molecule has 3 heterocycles. The third-order valence-corrected chi connectivity index (χ3v) is 4.67. The molecule has 0 bridgehead atoms. The van der Waals surface area contributed by atoms with E-state index in [2.05, 4.69) is 11.5 Å². The lowest BCUT2D eigenvalue weighted by molar-refractivity contribution is -0.207. The fourth-order valence-corrected chi connectivity index (χ4v) is 3.63. The smallest absolute Gasteiger partial charge is 0.251 e. The summed E-state index contributed by atoms with van der Waals surface area (Å²) in [6.45, 7) is 9.40. The molecular weight excluding hydrogens is 256 g/mol. The quantitative estimate of drug-likeness (QED) is 0.721. The first-order valence-corrected chi connectivity index (χ1v) is 7.65. The number of hydroxylamine groups is 2. The van der Waals surface area contributed by atoms with Crippen molar-refractivity contribution in [2.75, 3.05) is 46.0 Å². The van der Waals surface area contributed by atoms with E-state index in [1.54, 1.807) is 5.06 Å². The van der Waals surface area contributed by atoms with Gasteiger partial charge in [0.2, 0.25) is 0 Å². The lowest BCUT2D eigenvalue weighted by Gasteiger charge is -2.36. The largest absolute Gasteiger partial charge is 0.380 e. The van der Waals surface area contributed by atoms with Crippen LogP contribution in [0.25, 0.3) is 0 Å². The van der Waals surface area contributed by atoms with E-state index in [9.17, 15) is 4.79 Å². The van der Waals surface area contributed by atoms with Crippen LogP contribution >= 0.6 is 0 Å². The van der Waals surface area contributed by atoms with E-state index in [0.717, 1.165) is 45.6 Å². The van der Waals surface area contributed by atoms with Crippen LogP contribution in [-0.2, 0) is 14.4 Å². The maximum Gasteiger partial charge on any atom is 0.251 e. The van der Waals surface area contributed by atoms with E-state index >= 15 is 0 Å². The first-order valence-electron chi connectivity index (χ1n) is 7.65. The van der Waals surface area contributed by atoms with E-state index in [1.165, 1.54) is 0 Å². The highest BCUT2D eigenvalue weighted by molar-refractivity contribution is 5.78. The van der Waals surface area contributed by atoms with Crippen LogP contribution in [0.3, 0.4) is 0 Å². The average Bonchev–Trinajstić information content (AvgIpc) is 2.90. The molecule has 0 unspecified atom stereocenters. The number of ether oxygens (including phenoxy) is 1. The van der Waals surface area contributed by atoms with Gasteiger partial charge in [-0.3, -0.25) is 14.5 Å². The van der Waals surface area contributed by atoms with Crippen LogP contribution in [-0.4, -0.2) is 61.9 Å². The Morgan fingerprint density at radius 2 is 2.20 bits per heavy atom. The molecule has 1 amide bonds. The maximum absolute atomic E-state index is 12.6. The number of carbonyl (C=O) groups excluding carboxylic acids is 1. The SMILES string of the molecule is C=CCN1C[C@@H]2COC[C@@H](C(=O)N3CCCCO3)[C@@H]2C1. The topological polar surface area (TPSA) is 42.0 Å². The van der Waals surface area contributed by atoms with Crippen LogP contribution in [0.5, 0.6) is 0 Å². The molecule has 3 fully saturated rings. The van der Waals surface area contributed by atoms with Crippen LogP contribution in [0.15, 0.2) is 12.7 Å². The van der Waals surface area contributed by atoms with Gasteiger partial charge in [0, 0.05) is 26.2 Å². The van der Waals surface area contributed by atoms with Gasteiger partial charge in [0.15, 0.2) is 0 Å². The van der Waals surface area contributed by atoms with Crippen molar-refractivity contribution >= 4 is 5.91 Å². The number of likely N-dealkylation sites (tertiary alicyclic amines) is 1. The molecule has 0 N–H and O–H groups in total. The van der Waals surface area contributed by atoms with Gasteiger partial charge in [-0.25, -0.2) is 5.06 Å². The number of fused-ring (bicyclic) bond motifs is 1. The number of hydrogen-bond acceptors (Lipinski definition) is 4. The van der Waals surface area contributed by atoms with Crippen molar-refractivity contribution in [1.82, 2.24) is 9.96 Å². The number of hydrogen-bond donors (Lipinski definition) is 0. The van der Waals surface area contributed by atoms with Crippen molar-refractivity contribution < 1.29 is 14.4 Å². The molecule has 3 saturated heterocycles. The number of amides is 1. The van der Waals surface area contributed by atoms with Gasteiger partial charge in [-0.05, 0) is 24.7 Å². The number of nitrogens with zero attached hydrogens (tertiary/aromatic N) is 2. The van der Waals surface area contributed by atoms with Crippen molar-refractivity contribution in [2.45, 2.75) is 12.8 Å². The summed E-state index contributed by atoms with van der Waals surface area (Å²) in [6.07, 6.45) is 4.02. The van der Waals surface area contributed by atoms with Gasteiger partial charge in [0.25, 0.3) is 5.91 Å². The average molecular weight is 280 g/mol. The Kier molecular flexibility index (Phi) is 4.38. The molecule has 0 saturated carbocycles. The van der Waals surface area contributed by atoms with Crippen molar-refractivity contribution in [3.05, 3.63) is 12.7 Å². The van der Waals surface area contributed by atoms with E-state index in [0.29, 0.717) is 25.0 Å². The standard InChI is InChI=1S/C15H24N2O3/c1-2-5-16-8-12-10-19-11-14(13(12)9-16)15(18)17-6-3-4-7-20-17/h2,12-14H,1,3-11H2/t12-,13-,14-/m1/s1. The van der Waals surface area contributed by atoms with Crippen molar-refractivity contribution in [3.8, 4) is 0 Å². The normalized spacial score (nSPS) is 34.8. The second-order valence-electron chi connectivity index (χ2n) is 6.06. The number of carbonyl (C=O) groups is 1. The molecule has 0 aromatic carbocycles. The maximum atomic E-state index is 12.6. The predicted molar refractivity (Wildman–Crippen MR) is 74.8 cm³/mol. The zero-order chi connectivity index (χ0) is 13.9. The molecule has 20 heavy (non-hydrogen) atoms. The monoisotopic (exact) mass is 280 g/mol. The summed E-state index contributed by atoms with van der Waals surface area (Å²) < 4.78 is 5.68. The first-order chi connectivity index (χ1) is 9.79. The minimum absolute atomic E-state index is 0.0401. The van der Waals surface area contributed by atoms with Crippen LogP contribution < -0.4 is 0 Å². The van der Waals surface area contributed by atoms with Crippen molar-refractivity contribution in [1.29, 1.82) is 0 Å². The fourth-order valence-electron chi connectivity index (χ4n) is 3.63. The molecule has 0 aromatic rings. The molecule has 0 aromatic heterocycles. The van der Waals surface area contributed by atoms with E-state index in [1.807, 2.05) is 6.08 Å². The lowest BCUT2D eigenvalue weighted by Crippen LogP contribution is -2.47. The predicted octanol–water partition coefficient (Wildman–Crippen LogP) is 0.921. The highest BCUT2D eigenvalue weighted by atomic mass is 16.7. The molecule has 3 rings (SSSR count). The van der Waals surface area contributed by atoms with E-state index < -0.39 is 0 Å². The van der Waals surface area contributed by atoms with Gasteiger partial charge in [-0.2, -0.15) is 0 Å². The summed E-state index contributed by atoms with van der Waals surface area (Å²) in [5.41, 5.74) is 0. The molecule has 0 aliphatic carbocycles. The summed E-state index contributed by atoms with van der Waals surface area (Å²) in [4.78, 5) is 20.5. The molecule has 3 aliphatic heterocycles. The van der Waals surface area contributed by atoms with Crippen molar-refractivity contribution in [3.63, 3.8) is 0 Å². The molecule has 3 aliphatic rings. The highest BCUT2D eigenvalue weighted by Crippen LogP contribution is 2.35. The molecule has 112 valence electrons. The van der Waals surface area contributed by atoms with Gasteiger partial charge in [-0.15, -0.1) is 6.58 Å². The van der Waals surface area contributed by atoms with E-state index in [4.69, 9.17) is 9.57 Å². The molecule has 0 spiro atoms. The Labute approximate surface area is 120 Å². The molecule has 5 nitrogen and oxygen atoms in total. The zero-order valence-electron chi connectivity index (χ0n) is 12.0. The lowest BCUT2D eigenvalue weighted by atomic mass is 9.82. The van der Waals surface area contributed by atoms with Crippen molar-refractivity contribution in [2.24, 2.45) is 17.8 Å². The molecule has 0 radical (unpaired) electrons. The Balaban J connectivity index is 1.66. The van der Waals surface area contributed by atoms with Gasteiger partial charge in [-0.1, -0.05) is 6.08 Å². The van der Waals surface area contributed by atoms with Crippen LogP contribution in [0.2, 0.25) is 0 Å². The summed E-state index contributed by atoms with van der Waals surface area (Å²) in [5, 5.41) is 1.58. The summed E-state index contributed by atoms with van der Waals surface area (Å²) in [7, 11) is 0. The minimum Gasteiger partial charge on any atom is -0.380 e. The summed E-state index contributed by atoms with van der Waals surface area (Å²) in [6, 6.07) is 0. The van der Waals surface area contributed by atoms with E-state index in [-0.39, 0.29) is 11.8 Å². The zero-order valence-corrected chi connectivity index (χ0v) is 12.0.